The van der Waals surface area contributed by atoms with Gasteiger partial charge in [-0.1, -0.05) is 12.1 Å². The number of aryl methyl sites for hydroxylation is 2. The Morgan fingerprint density at radius 2 is 1.76 bits per heavy atom. The summed E-state index contributed by atoms with van der Waals surface area (Å²) in [5.41, 5.74) is 4.74. The molecule has 8 heteroatoms. The Kier molecular flexibility index (Phi) is 7.57. The number of carbonyl (C=O) groups is 2. The normalized spacial score (nSPS) is 14.4. The molecule has 8 nitrogen and oxygen atoms in total. The molecule has 1 saturated heterocycles. The van der Waals surface area contributed by atoms with E-state index in [1.807, 2.05) is 49.7 Å². The lowest BCUT2D eigenvalue weighted by Crippen LogP contribution is -2.41. The van der Waals surface area contributed by atoms with Crippen LogP contribution in [0.1, 0.15) is 66.7 Å². The molecule has 0 spiro atoms. The van der Waals surface area contributed by atoms with E-state index in [0.717, 1.165) is 16.9 Å². The van der Waals surface area contributed by atoms with Gasteiger partial charge in [-0.3, -0.25) is 4.79 Å². The average Bonchev–Trinajstić information content (AvgIpc) is 3.30. The molecule has 196 valence electrons. The van der Waals surface area contributed by atoms with Gasteiger partial charge in [0.2, 0.25) is 0 Å². The Morgan fingerprint density at radius 3 is 2.41 bits per heavy atom. The largest absolute Gasteiger partial charge is 0.497 e. The standard InChI is InChI=1S/C29H36N4O4/c1-19-10-11-23(16-20(19)2)33-26(21-12-14-32(15-13-21)28(35)37-29(3,4)5)25(18-30-33)27(34)31-22-8-7-9-24(17-22)36-6/h7-11,16-18,21H,12-15H2,1-6H3,(H,31,34). The molecule has 0 saturated carbocycles. The first kappa shape index (κ1) is 26.3. The minimum absolute atomic E-state index is 0.0499. The van der Waals surface area contributed by atoms with Gasteiger partial charge in [0.25, 0.3) is 5.91 Å². The van der Waals surface area contributed by atoms with E-state index < -0.39 is 5.60 Å². The number of aromatic nitrogens is 2. The molecule has 0 aliphatic carbocycles. The highest BCUT2D eigenvalue weighted by molar-refractivity contribution is 6.05. The second-order valence-corrected chi connectivity index (χ2v) is 10.6. The summed E-state index contributed by atoms with van der Waals surface area (Å²) in [6.45, 7) is 10.8. The van der Waals surface area contributed by atoms with Crippen LogP contribution >= 0.6 is 0 Å². The van der Waals surface area contributed by atoms with Crippen LogP contribution in [0.15, 0.2) is 48.7 Å². The molecule has 3 aromatic rings. The zero-order chi connectivity index (χ0) is 26.7. The number of hydrogen-bond donors (Lipinski definition) is 1. The van der Waals surface area contributed by atoms with E-state index in [2.05, 4.69) is 36.4 Å². The van der Waals surface area contributed by atoms with Crippen LogP contribution in [0.2, 0.25) is 0 Å². The van der Waals surface area contributed by atoms with Gasteiger partial charge in [0.05, 0.1) is 30.3 Å². The Bertz CT molecular complexity index is 1280. The molecule has 1 aromatic heterocycles. The van der Waals surface area contributed by atoms with E-state index in [0.29, 0.717) is 42.9 Å². The molecule has 1 aliphatic rings. The summed E-state index contributed by atoms with van der Waals surface area (Å²) in [6, 6.07) is 13.5. The summed E-state index contributed by atoms with van der Waals surface area (Å²) in [7, 11) is 1.59. The molecule has 1 aliphatic heterocycles. The van der Waals surface area contributed by atoms with E-state index in [1.54, 1.807) is 24.3 Å². The highest BCUT2D eigenvalue weighted by Crippen LogP contribution is 2.33. The third kappa shape index (κ3) is 6.13. The number of anilines is 1. The van der Waals surface area contributed by atoms with Crippen LogP contribution in [-0.2, 0) is 4.74 Å². The maximum absolute atomic E-state index is 13.5. The molecule has 2 amide bonds. The Hall–Kier alpha value is -3.81. The number of methoxy groups -OCH3 is 1. The quantitative estimate of drug-likeness (QED) is 0.470. The van der Waals surface area contributed by atoms with E-state index in [9.17, 15) is 9.59 Å². The van der Waals surface area contributed by atoms with Crippen LogP contribution in [-0.4, -0.2) is 52.5 Å². The van der Waals surface area contributed by atoms with Crippen molar-refractivity contribution in [2.24, 2.45) is 0 Å². The lowest BCUT2D eigenvalue weighted by atomic mass is 9.90. The highest BCUT2D eigenvalue weighted by atomic mass is 16.6. The lowest BCUT2D eigenvalue weighted by Gasteiger charge is -2.34. The van der Waals surface area contributed by atoms with Gasteiger partial charge in [-0.25, -0.2) is 9.48 Å². The van der Waals surface area contributed by atoms with Crippen LogP contribution in [0.5, 0.6) is 5.75 Å². The fourth-order valence-electron chi connectivity index (χ4n) is 4.55. The number of hydrogen-bond acceptors (Lipinski definition) is 5. The second kappa shape index (κ2) is 10.7. The molecule has 37 heavy (non-hydrogen) atoms. The smallest absolute Gasteiger partial charge is 0.410 e. The number of carbonyl (C=O) groups excluding carboxylic acids is 2. The van der Waals surface area contributed by atoms with Crippen molar-refractivity contribution in [3.8, 4) is 11.4 Å². The lowest BCUT2D eigenvalue weighted by molar-refractivity contribution is 0.0203. The molecule has 0 atom stereocenters. The third-order valence-corrected chi connectivity index (χ3v) is 6.65. The van der Waals surface area contributed by atoms with E-state index in [4.69, 9.17) is 9.47 Å². The SMILES string of the molecule is COc1cccc(NC(=O)c2cnn(-c3ccc(C)c(C)c3)c2C2CCN(C(=O)OC(C)(C)C)CC2)c1. The van der Waals surface area contributed by atoms with E-state index in [-0.39, 0.29) is 17.9 Å². The number of nitrogens with zero attached hydrogens (tertiary/aromatic N) is 3. The maximum Gasteiger partial charge on any atom is 0.410 e. The molecular weight excluding hydrogens is 468 g/mol. The number of benzene rings is 2. The number of nitrogens with one attached hydrogen (secondary N) is 1. The van der Waals surface area contributed by atoms with Crippen molar-refractivity contribution in [1.29, 1.82) is 0 Å². The molecular formula is C29H36N4O4. The third-order valence-electron chi connectivity index (χ3n) is 6.65. The zero-order valence-electron chi connectivity index (χ0n) is 22.5. The van der Waals surface area contributed by atoms with Crippen molar-refractivity contribution in [2.45, 2.75) is 59.0 Å². The predicted molar refractivity (Wildman–Crippen MR) is 144 cm³/mol. The molecule has 0 bridgehead atoms. The number of ether oxygens (including phenoxy) is 2. The van der Waals surface area contributed by atoms with Crippen molar-refractivity contribution in [2.75, 3.05) is 25.5 Å². The van der Waals surface area contributed by atoms with Gasteiger partial charge in [-0.2, -0.15) is 5.10 Å². The fourth-order valence-corrected chi connectivity index (χ4v) is 4.55. The zero-order valence-corrected chi connectivity index (χ0v) is 22.5. The van der Waals surface area contributed by atoms with Gasteiger partial charge in [0, 0.05) is 30.8 Å². The Balaban J connectivity index is 1.64. The molecule has 1 fully saturated rings. The summed E-state index contributed by atoms with van der Waals surface area (Å²) >= 11 is 0. The van der Waals surface area contributed by atoms with Gasteiger partial charge in [-0.05, 0) is 82.9 Å². The van der Waals surface area contributed by atoms with Crippen molar-refractivity contribution >= 4 is 17.7 Å². The molecule has 0 radical (unpaired) electrons. The molecule has 0 unspecified atom stereocenters. The topological polar surface area (TPSA) is 85.7 Å². The summed E-state index contributed by atoms with van der Waals surface area (Å²) < 4.78 is 12.7. The molecule has 4 rings (SSSR count). The number of piperidine rings is 1. The minimum Gasteiger partial charge on any atom is -0.497 e. The maximum atomic E-state index is 13.5. The predicted octanol–water partition coefficient (Wildman–Crippen LogP) is 5.86. The monoisotopic (exact) mass is 504 g/mol. The summed E-state index contributed by atoms with van der Waals surface area (Å²) in [5.74, 6) is 0.486. The Morgan fingerprint density at radius 1 is 1.03 bits per heavy atom. The second-order valence-electron chi connectivity index (χ2n) is 10.6. The first-order valence-electron chi connectivity index (χ1n) is 12.6. The first-order valence-corrected chi connectivity index (χ1v) is 12.6. The van der Waals surface area contributed by atoms with Crippen LogP contribution in [0, 0.1) is 13.8 Å². The number of amides is 2. The number of likely N-dealkylation sites (tertiary alicyclic amines) is 1. The van der Waals surface area contributed by atoms with Crippen LogP contribution < -0.4 is 10.1 Å². The van der Waals surface area contributed by atoms with Crippen molar-refractivity contribution in [3.63, 3.8) is 0 Å². The van der Waals surface area contributed by atoms with Crippen LogP contribution in [0.25, 0.3) is 5.69 Å². The van der Waals surface area contributed by atoms with Gasteiger partial charge in [-0.15, -0.1) is 0 Å². The van der Waals surface area contributed by atoms with Gasteiger partial charge in [0.15, 0.2) is 0 Å². The minimum atomic E-state index is -0.540. The first-order chi connectivity index (χ1) is 17.6. The van der Waals surface area contributed by atoms with Crippen molar-refractivity contribution in [3.05, 3.63) is 71.0 Å². The average molecular weight is 505 g/mol. The fraction of sp³-hybridized carbons (Fsp3) is 0.414. The van der Waals surface area contributed by atoms with Crippen LogP contribution in [0.3, 0.4) is 0 Å². The summed E-state index contributed by atoms with van der Waals surface area (Å²) in [4.78, 5) is 27.8. The number of rotatable bonds is 5. The van der Waals surface area contributed by atoms with Gasteiger partial charge in [0.1, 0.15) is 11.4 Å². The van der Waals surface area contributed by atoms with Crippen LogP contribution in [0.4, 0.5) is 10.5 Å². The van der Waals surface area contributed by atoms with E-state index >= 15 is 0 Å². The summed E-state index contributed by atoms with van der Waals surface area (Å²) in [5, 5.41) is 7.65. The molecule has 1 N–H and O–H groups in total. The molecule has 2 aromatic carbocycles. The van der Waals surface area contributed by atoms with E-state index in [1.165, 1.54) is 5.56 Å². The summed E-state index contributed by atoms with van der Waals surface area (Å²) in [6.07, 6.45) is 2.75. The van der Waals surface area contributed by atoms with Crippen molar-refractivity contribution < 1.29 is 19.1 Å². The Labute approximate surface area is 218 Å². The molecule has 2 heterocycles. The van der Waals surface area contributed by atoms with Crippen molar-refractivity contribution in [1.82, 2.24) is 14.7 Å². The van der Waals surface area contributed by atoms with Gasteiger partial charge < -0.3 is 19.7 Å². The highest BCUT2D eigenvalue weighted by Gasteiger charge is 2.32. The van der Waals surface area contributed by atoms with Gasteiger partial charge >= 0.3 is 6.09 Å².